The molecule has 2 heterocycles. The maximum atomic E-state index is 8.91. The minimum atomic E-state index is 0.543. The molecule has 0 aliphatic rings. The Bertz CT molecular complexity index is 595. The van der Waals surface area contributed by atoms with Gasteiger partial charge in [-0.25, -0.2) is 0 Å². The highest BCUT2D eigenvalue weighted by atomic mass is 14.7. The van der Waals surface area contributed by atoms with Crippen molar-refractivity contribution in [2.45, 2.75) is 6.92 Å². The van der Waals surface area contributed by atoms with E-state index in [1.165, 1.54) is 0 Å². The molecule has 0 N–H and O–H groups in total. The van der Waals surface area contributed by atoms with Gasteiger partial charge in [-0.05, 0) is 36.3 Å². The van der Waals surface area contributed by atoms with E-state index in [4.69, 9.17) is 5.26 Å². The Morgan fingerprint density at radius 1 is 1.35 bits per heavy atom. The largest absolute Gasteiger partial charge is 0.265 e. The summed E-state index contributed by atoms with van der Waals surface area (Å²) >= 11 is 0. The minimum Gasteiger partial charge on any atom is -0.265 e. The highest BCUT2D eigenvalue weighted by Gasteiger charge is 2.08. The number of allylic oxidation sites excluding steroid dienone is 1. The lowest BCUT2D eigenvalue weighted by molar-refractivity contribution is 1.24. The van der Waals surface area contributed by atoms with Gasteiger partial charge in [0.1, 0.15) is 6.07 Å². The summed E-state index contributed by atoms with van der Waals surface area (Å²) in [6, 6.07) is 7.71. The van der Waals surface area contributed by atoms with E-state index in [-0.39, 0.29) is 0 Å². The highest BCUT2D eigenvalue weighted by Crippen LogP contribution is 2.26. The second kappa shape index (κ2) is 4.58. The van der Waals surface area contributed by atoms with Crippen molar-refractivity contribution in [2.24, 2.45) is 0 Å². The Morgan fingerprint density at radius 2 is 2.06 bits per heavy atom. The molecule has 0 saturated carbocycles. The maximum absolute atomic E-state index is 8.91. The van der Waals surface area contributed by atoms with Crippen LogP contribution in [0, 0.1) is 11.3 Å². The Kier molecular flexibility index (Phi) is 2.97. The Balaban J connectivity index is 2.66. The third kappa shape index (κ3) is 2.21. The zero-order chi connectivity index (χ0) is 12.3. The molecule has 0 spiro atoms. The number of pyridine rings is 2. The molecular formula is C14H11N3. The molecule has 82 valence electrons. The third-order valence-corrected chi connectivity index (χ3v) is 2.41. The van der Waals surface area contributed by atoms with Crippen LogP contribution in [0.25, 0.3) is 16.7 Å². The van der Waals surface area contributed by atoms with Gasteiger partial charge in [-0.1, -0.05) is 6.58 Å². The number of hydrogen-bond donors (Lipinski definition) is 0. The molecule has 2 aromatic heterocycles. The number of rotatable bonds is 2. The molecule has 3 heteroatoms. The summed E-state index contributed by atoms with van der Waals surface area (Å²) < 4.78 is 0. The van der Waals surface area contributed by atoms with Gasteiger partial charge in [0.25, 0.3) is 0 Å². The van der Waals surface area contributed by atoms with Crippen molar-refractivity contribution >= 4 is 5.57 Å². The SMILES string of the molecule is C=C(C)c1ncc(C#N)cc1-c1ccncc1. The van der Waals surface area contributed by atoms with Gasteiger partial charge in [-0.15, -0.1) is 0 Å². The van der Waals surface area contributed by atoms with Gasteiger partial charge in [0.15, 0.2) is 0 Å². The van der Waals surface area contributed by atoms with Crippen molar-refractivity contribution in [1.29, 1.82) is 5.26 Å². The van der Waals surface area contributed by atoms with Gasteiger partial charge in [-0.3, -0.25) is 9.97 Å². The molecule has 0 amide bonds. The Labute approximate surface area is 100 Å². The summed E-state index contributed by atoms with van der Waals surface area (Å²) in [5, 5.41) is 8.91. The van der Waals surface area contributed by atoms with Gasteiger partial charge in [0.05, 0.1) is 11.3 Å². The minimum absolute atomic E-state index is 0.543. The summed E-state index contributed by atoms with van der Waals surface area (Å²) in [4.78, 5) is 8.26. The highest BCUT2D eigenvalue weighted by molar-refractivity contribution is 5.78. The van der Waals surface area contributed by atoms with E-state index in [2.05, 4.69) is 22.6 Å². The fourth-order valence-electron chi connectivity index (χ4n) is 1.62. The predicted molar refractivity (Wildman–Crippen MR) is 66.9 cm³/mol. The third-order valence-electron chi connectivity index (χ3n) is 2.41. The van der Waals surface area contributed by atoms with E-state index in [0.717, 1.165) is 22.4 Å². The summed E-state index contributed by atoms with van der Waals surface area (Å²) in [5.74, 6) is 0. The quantitative estimate of drug-likeness (QED) is 0.783. The van der Waals surface area contributed by atoms with Crippen molar-refractivity contribution in [1.82, 2.24) is 9.97 Å². The molecule has 0 radical (unpaired) electrons. The number of nitrogens with zero attached hydrogens (tertiary/aromatic N) is 3. The van der Waals surface area contributed by atoms with Gasteiger partial charge in [0, 0.05) is 24.2 Å². The first kappa shape index (κ1) is 11.0. The van der Waals surface area contributed by atoms with Gasteiger partial charge in [-0.2, -0.15) is 5.26 Å². The normalized spacial score (nSPS) is 9.65. The van der Waals surface area contributed by atoms with Crippen molar-refractivity contribution < 1.29 is 0 Å². The van der Waals surface area contributed by atoms with Crippen LogP contribution in [0.2, 0.25) is 0 Å². The van der Waals surface area contributed by atoms with E-state index in [1.54, 1.807) is 18.6 Å². The lowest BCUT2D eigenvalue weighted by Gasteiger charge is -2.08. The second-order valence-corrected chi connectivity index (χ2v) is 3.75. The van der Waals surface area contributed by atoms with Crippen LogP contribution in [-0.4, -0.2) is 9.97 Å². The maximum Gasteiger partial charge on any atom is 0.101 e. The van der Waals surface area contributed by atoms with E-state index < -0.39 is 0 Å². The van der Waals surface area contributed by atoms with Gasteiger partial charge >= 0.3 is 0 Å². The fraction of sp³-hybridized carbons (Fsp3) is 0.0714. The van der Waals surface area contributed by atoms with E-state index in [1.807, 2.05) is 25.1 Å². The molecule has 0 bridgehead atoms. The summed E-state index contributed by atoms with van der Waals surface area (Å²) in [7, 11) is 0. The van der Waals surface area contributed by atoms with Crippen molar-refractivity contribution in [3.8, 4) is 17.2 Å². The smallest absolute Gasteiger partial charge is 0.101 e. The number of nitriles is 1. The number of hydrogen-bond acceptors (Lipinski definition) is 3. The van der Waals surface area contributed by atoms with Crippen LogP contribution in [0.5, 0.6) is 0 Å². The van der Waals surface area contributed by atoms with Gasteiger partial charge in [0.2, 0.25) is 0 Å². The molecule has 0 aromatic carbocycles. The van der Waals surface area contributed by atoms with Crippen LogP contribution in [0.1, 0.15) is 18.2 Å². The van der Waals surface area contributed by atoms with Crippen molar-refractivity contribution in [3.63, 3.8) is 0 Å². The first-order chi connectivity index (χ1) is 8.22. The van der Waals surface area contributed by atoms with Crippen LogP contribution in [-0.2, 0) is 0 Å². The molecule has 17 heavy (non-hydrogen) atoms. The molecule has 0 fully saturated rings. The molecule has 2 aromatic rings. The van der Waals surface area contributed by atoms with Crippen molar-refractivity contribution in [2.75, 3.05) is 0 Å². The van der Waals surface area contributed by atoms with Crippen LogP contribution in [0.15, 0.2) is 43.4 Å². The van der Waals surface area contributed by atoms with Crippen LogP contribution in [0.3, 0.4) is 0 Å². The lowest BCUT2D eigenvalue weighted by atomic mass is 10.0. The summed E-state index contributed by atoms with van der Waals surface area (Å²) in [6.07, 6.45) is 5.00. The van der Waals surface area contributed by atoms with Crippen LogP contribution in [0.4, 0.5) is 0 Å². The second-order valence-electron chi connectivity index (χ2n) is 3.75. The number of aromatic nitrogens is 2. The Hall–Kier alpha value is -2.47. The standard InChI is InChI=1S/C14H11N3/c1-10(2)14-13(7-11(8-15)9-17-14)12-3-5-16-6-4-12/h3-7,9H,1H2,2H3. The molecule has 2 rings (SSSR count). The monoisotopic (exact) mass is 221 g/mol. The lowest BCUT2D eigenvalue weighted by Crippen LogP contribution is -1.93. The zero-order valence-electron chi connectivity index (χ0n) is 9.51. The summed E-state index contributed by atoms with van der Waals surface area (Å²) in [6.45, 7) is 5.81. The first-order valence-electron chi connectivity index (χ1n) is 5.19. The predicted octanol–water partition coefficient (Wildman–Crippen LogP) is 3.05. The molecule has 0 unspecified atom stereocenters. The van der Waals surface area contributed by atoms with E-state index >= 15 is 0 Å². The van der Waals surface area contributed by atoms with E-state index in [9.17, 15) is 0 Å². The topological polar surface area (TPSA) is 49.6 Å². The average molecular weight is 221 g/mol. The molecule has 0 atom stereocenters. The van der Waals surface area contributed by atoms with Gasteiger partial charge < -0.3 is 0 Å². The molecule has 0 aliphatic carbocycles. The van der Waals surface area contributed by atoms with E-state index in [0.29, 0.717) is 5.56 Å². The molecule has 0 saturated heterocycles. The Morgan fingerprint density at radius 3 is 2.65 bits per heavy atom. The van der Waals surface area contributed by atoms with Crippen molar-refractivity contribution in [3.05, 3.63) is 54.6 Å². The van der Waals surface area contributed by atoms with Crippen LogP contribution >= 0.6 is 0 Å². The molecule has 3 nitrogen and oxygen atoms in total. The zero-order valence-corrected chi connectivity index (χ0v) is 9.51. The average Bonchev–Trinajstić information content (AvgIpc) is 2.39. The summed E-state index contributed by atoms with van der Waals surface area (Å²) in [5.41, 5.74) is 4.14. The fourth-order valence-corrected chi connectivity index (χ4v) is 1.62. The molecule has 0 aliphatic heterocycles. The molecular weight excluding hydrogens is 210 g/mol. The van der Waals surface area contributed by atoms with Crippen LogP contribution < -0.4 is 0 Å². The first-order valence-corrected chi connectivity index (χ1v) is 5.19.